The van der Waals surface area contributed by atoms with Gasteiger partial charge in [-0.3, -0.25) is 5.73 Å². The molecule has 0 spiro atoms. The lowest BCUT2D eigenvalue weighted by atomic mass is 10.3. The number of aromatic nitrogens is 1. The Labute approximate surface area is 93.7 Å². The Bertz CT molecular complexity index is 462. The minimum Gasteiger partial charge on any atom is -0.305 e. The fourth-order valence-electron chi connectivity index (χ4n) is 1.58. The number of hydrogen-bond donors (Lipinski definition) is 1. The Morgan fingerprint density at radius 1 is 1.33 bits per heavy atom. The van der Waals surface area contributed by atoms with Crippen molar-refractivity contribution in [1.29, 1.82) is 0 Å². The van der Waals surface area contributed by atoms with E-state index in [9.17, 15) is 0 Å². The summed E-state index contributed by atoms with van der Waals surface area (Å²) >= 11 is 1.65. The third kappa shape index (κ3) is 2.11. The van der Waals surface area contributed by atoms with Crippen molar-refractivity contribution in [3.05, 3.63) is 24.3 Å². The number of likely N-dealkylation sites (N-methyl/N-ethyl adjacent to an activating group) is 1. The SMILES string of the molecule is CN(C)CC[n+]1c(N)sc2ccccc21. The Balaban J connectivity index is 2.36. The van der Waals surface area contributed by atoms with Gasteiger partial charge in [0.25, 0.3) is 0 Å². The standard InChI is InChI=1S/C11H15N3S/c1-13(2)7-8-14-9-5-3-4-6-10(9)15-11(14)12/h3-6,12H,7-8H2,1-2H3/p+1. The first kappa shape index (κ1) is 10.4. The van der Waals surface area contributed by atoms with Crippen molar-refractivity contribution in [3.63, 3.8) is 0 Å². The number of nitrogens with zero attached hydrogens (tertiary/aromatic N) is 2. The summed E-state index contributed by atoms with van der Waals surface area (Å²) in [5.41, 5.74) is 7.24. The predicted molar refractivity (Wildman–Crippen MR) is 65.0 cm³/mol. The molecule has 2 aromatic rings. The molecule has 0 aliphatic heterocycles. The molecule has 0 fully saturated rings. The second-order valence-electron chi connectivity index (χ2n) is 3.86. The van der Waals surface area contributed by atoms with E-state index in [1.165, 1.54) is 10.2 Å². The van der Waals surface area contributed by atoms with Crippen molar-refractivity contribution in [2.75, 3.05) is 26.4 Å². The molecule has 0 bridgehead atoms. The smallest absolute Gasteiger partial charge is 0.305 e. The van der Waals surface area contributed by atoms with Gasteiger partial charge in [0.15, 0.2) is 0 Å². The summed E-state index contributed by atoms with van der Waals surface area (Å²) in [7, 11) is 4.15. The summed E-state index contributed by atoms with van der Waals surface area (Å²) in [5, 5.41) is 0.887. The average Bonchev–Trinajstić information content (AvgIpc) is 2.50. The van der Waals surface area contributed by atoms with Gasteiger partial charge in [0, 0.05) is 6.54 Å². The summed E-state index contributed by atoms with van der Waals surface area (Å²) in [6.45, 7) is 1.96. The van der Waals surface area contributed by atoms with Crippen molar-refractivity contribution in [2.45, 2.75) is 6.54 Å². The lowest BCUT2D eigenvalue weighted by Gasteiger charge is -2.07. The molecule has 0 saturated carbocycles. The molecule has 1 heterocycles. The third-order valence-electron chi connectivity index (χ3n) is 2.41. The number of hydrogen-bond acceptors (Lipinski definition) is 3. The van der Waals surface area contributed by atoms with Crippen LogP contribution in [-0.4, -0.2) is 25.5 Å². The van der Waals surface area contributed by atoms with Gasteiger partial charge in [0.05, 0.1) is 4.70 Å². The van der Waals surface area contributed by atoms with E-state index in [1.807, 2.05) is 0 Å². The van der Waals surface area contributed by atoms with Crippen LogP contribution in [0.25, 0.3) is 10.2 Å². The van der Waals surface area contributed by atoms with Gasteiger partial charge >= 0.3 is 5.13 Å². The summed E-state index contributed by atoms with van der Waals surface area (Å²) in [4.78, 5) is 2.17. The first-order chi connectivity index (χ1) is 7.18. The maximum atomic E-state index is 6.00. The average molecular weight is 222 g/mol. The van der Waals surface area contributed by atoms with Gasteiger partial charge in [0.1, 0.15) is 12.1 Å². The van der Waals surface area contributed by atoms with Crippen molar-refractivity contribution >= 4 is 26.7 Å². The van der Waals surface area contributed by atoms with Crippen molar-refractivity contribution < 1.29 is 4.57 Å². The molecule has 0 aliphatic rings. The summed E-state index contributed by atoms with van der Waals surface area (Å²) < 4.78 is 3.44. The third-order valence-corrected chi connectivity index (χ3v) is 3.40. The normalized spacial score (nSPS) is 11.4. The van der Waals surface area contributed by atoms with Crippen LogP contribution in [0, 0.1) is 0 Å². The number of rotatable bonds is 3. The molecular weight excluding hydrogens is 206 g/mol. The highest BCUT2D eigenvalue weighted by molar-refractivity contribution is 7.21. The Morgan fingerprint density at radius 3 is 2.80 bits per heavy atom. The molecule has 3 nitrogen and oxygen atoms in total. The van der Waals surface area contributed by atoms with Crippen LogP contribution in [0.4, 0.5) is 5.13 Å². The molecule has 0 saturated heterocycles. The van der Waals surface area contributed by atoms with E-state index in [1.54, 1.807) is 11.3 Å². The zero-order valence-electron chi connectivity index (χ0n) is 9.10. The Morgan fingerprint density at radius 2 is 2.07 bits per heavy atom. The number of thiazole rings is 1. The van der Waals surface area contributed by atoms with Crippen LogP contribution >= 0.6 is 11.3 Å². The van der Waals surface area contributed by atoms with E-state index in [-0.39, 0.29) is 0 Å². The molecule has 1 aromatic carbocycles. The van der Waals surface area contributed by atoms with Gasteiger partial charge in [-0.25, -0.2) is 4.57 Å². The number of anilines is 1. The molecule has 0 unspecified atom stereocenters. The molecule has 80 valence electrons. The van der Waals surface area contributed by atoms with Crippen LogP contribution in [0.5, 0.6) is 0 Å². The topological polar surface area (TPSA) is 33.1 Å². The summed E-state index contributed by atoms with van der Waals surface area (Å²) in [6.07, 6.45) is 0. The van der Waals surface area contributed by atoms with Crippen LogP contribution in [0.1, 0.15) is 0 Å². The largest absolute Gasteiger partial charge is 0.332 e. The molecule has 0 aliphatic carbocycles. The lowest BCUT2D eigenvalue weighted by Crippen LogP contribution is -2.39. The molecule has 1 aromatic heterocycles. The fraction of sp³-hybridized carbons (Fsp3) is 0.364. The maximum absolute atomic E-state index is 6.00. The van der Waals surface area contributed by atoms with Crippen molar-refractivity contribution in [2.24, 2.45) is 0 Å². The van der Waals surface area contributed by atoms with E-state index in [4.69, 9.17) is 5.73 Å². The van der Waals surface area contributed by atoms with Crippen LogP contribution in [0.15, 0.2) is 24.3 Å². The van der Waals surface area contributed by atoms with Crippen LogP contribution in [0.3, 0.4) is 0 Å². The Hall–Kier alpha value is -1.13. The number of fused-ring (bicyclic) bond motifs is 1. The monoisotopic (exact) mass is 222 g/mol. The van der Waals surface area contributed by atoms with Crippen LogP contribution in [-0.2, 0) is 6.54 Å². The minimum atomic E-state index is 0.887. The van der Waals surface area contributed by atoms with Gasteiger partial charge in [-0.15, -0.1) is 0 Å². The van der Waals surface area contributed by atoms with E-state index in [0.29, 0.717) is 0 Å². The molecule has 0 radical (unpaired) electrons. The van der Waals surface area contributed by atoms with Gasteiger partial charge in [-0.2, -0.15) is 0 Å². The Kier molecular flexibility index (Phi) is 2.88. The molecule has 2 rings (SSSR count). The van der Waals surface area contributed by atoms with Crippen LogP contribution < -0.4 is 10.3 Å². The van der Waals surface area contributed by atoms with E-state index < -0.39 is 0 Å². The van der Waals surface area contributed by atoms with E-state index in [0.717, 1.165) is 18.2 Å². The first-order valence-corrected chi connectivity index (χ1v) is 5.81. The van der Waals surface area contributed by atoms with Gasteiger partial charge in [0.2, 0.25) is 0 Å². The van der Waals surface area contributed by atoms with E-state index >= 15 is 0 Å². The molecule has 2 N–H and O–H groups in total. The number of para-hydroxylation sites is 1. The lowest BCUT2D eigenvalue weighted by molar-refractivity contribution is -0.652. The molecule has 4 heteroatoms. The van der Waals surface area contributed by atoms with E-state index in [2.05, 4.69) is 47.8 Å². The fourth-order valence-corrected chi connectivity index (χ4v) is 2.54. The molecular formula is C11H16N3S+. The second kappa shape index (κ2) is 4.16. The highest BCUT2D eigenvalue weighted by Crippen LogP contribution is 2.21. The zero-order chi connectivity index (χ0) is 10.8. The number of benzene rings is 1. The highest BCUT2D eigenvalue weighted by Gasteiger charge is 2.13. The molecule has 0 amide bonds. The van der Waals surface area contributed by atoms with Crippen molar-refractivity contribution in [3.8, 4) is 0 Å². The van der Waals surface area contributed by atoms with Gasteiger partial charge in [-0.1, -0.05) is 12.1 Å². The quantitative estimate of drug-likeness (QED) is 0.795. The van der Waals surface area contributed by atoms with Crippen molar-refractivity contribution in [1.82, 2.24) is 4.90 Å². The number of nitrogen functional groups attached to an aromatic ring is 1. The summed E-state index contributed by atoms with van der Waals surface area (Å²) in [6, 6.07) is 8.34. The predicted octanol–water partition coefficient (Wildman–Crippen LogP) is 1.33. The summed E-state index contributed by atoms with van der Waals surface area (Å²) in [5.74, 6) is 0. The first-order valence-electron chi connectivity index (χ1n) is 5.00. The van der Waals surface area contributed by atoms with Gasteiger partial charge in [-0.05, 0) is 37.6 Å². The van der Waals surface area contributed by atoms with Gasteiger partial charge < -0.3 is 4.90 Å². The molecule has 15 heavy (non-hydrogen) atoms. The second-order valence-corrected chi connectivity index (χ2v) is 4.93. The minimum absolute atomic E-state index is 0.887. The van der Waals surface area contributed by atoms with Crippen LogP contribution in [0.2, 0.25) is 0 Å². The molecule has 0 atom stereocenters. The maximum Gasteiger partial charge on any atom is 0.332 e. The highest BCUT2D eigenvalue weighted by atomic mass is 32.1. The zero-order valence-corrected chi connectivity index (χ0v) is 9.92. The number of nitrogens with two attached hydrogens (primary N) is 1.